The van der Waals surface area contributed by atoms with Gasteiger partial charge in [-0.1, -0.05) is 6.92 Å². The number of aromatic nitrogens is 2. The minimum atomic E-state index is 0.0460. The maximum absolute atomic E-state index is 11.3. The number of rotatable bonds is 7. The van der Waals surface area contributed by atoms with Crippen LogP contribution in [0.15, 0.2) is 12.4 Å². The van der Waals surface area contributed by atoms with Gasteiger partial charge in [0.2, 0.25) is 5.91 Å². The molecule has 0 aliphatic heterocycles. The number of hydrogen-bond donors (Lipinski definition) is 2. The van der Waals surface area contributed by atoms with Gasteiger partial charge < -0.3 is 10.6 Å². The summed E-state index contributed by atoms with van der Waals surface area (Å²) in [6, 6.07) is 0. The summed E-state index contributed by atoms with van der Waals surface area (Å²) >= 11 is 0. The summed E-state index contributed by atoms with van der Waals surface area (Å²) in [7, 11) is 0. The van der Waals surface area contributed by atoms with Crippen LogP contribution in [-0.4, -0.2) is 28.8 Å². The van der Waals surface area contributed by atoms with Gasteiger partial charge in [-0.15, -0.1) is 0 Å². The first kappa shape index (κ1) is 12.7. The van der Waals surface area contributed by atoms with Gasteiger partial charge in [-0.25, -0.2) is 0 Å². The highest BCUT2D eigenvalue weighted by Gasteiger charge is 2.00. The summed E-state index contributed by atoms with van der Waals surface area (Å²) in [5.74, 6) is 0.0460. The van der Waals surface area contributed by atoms with Crippen LogP contribution in [-0.2, 0) is 17.9 Å². The minimum absolute atomic E-state index is 0.0460. The summed E-state index contributed by atoms with van der Waals surface area (Å²) < 4.78 is 1.87. The summed E-state index contributed by atoms with van der Waals surface area (Å²) in [6.45, 7) is 6.73. The lowest BCUT2D eigenvalue weighted by Gasteiger charge is -2.04. The summed E-state index contributed by atoms with van der Waals surface area (Å²) in [5.41, 5.74) is 1.10. The number of carbonyl (C=O) groups is 1. The van der Waals surface area contributed by atoms with Crippen LogP contribution in [0.4, 0.5) is 0 Å². The normalized spacial score (nSPS) is 10.4. The fourth-order valence-corrected chi connectivity index (χ4v) is 1.32. The van der Waals surface area contributed by atoms with E-state index in [2.05, 4.69) is 15.7 Å². The molecule has 16 heavy (non-hydrogen) atoms. The van der Waals surface area contributed by atoms with Crippen molar-refractivity contribution in [3.05, 3.63) is 18.0 Å². The molecule has 0 fully saturated rings. The van der Waals surface area contributed by atoms with Crippen molar-refractivity contribution in [1.82, 2.24) is 20.4 Å². The van der Waals surface area contributed by atoms with Crippen LogP contribution in [0.3, 0.4) is 0 Å². The zero-order valence-electron chi connectivity index (χ0n) is 9.99. The van der Waals surface area contributed by atoms with Crippen molar-refractivity contribution in [2.45, 2.75) is 33.4 Å². The van der Waals surface area contributed by atoms with Crippen LogP contribution < -0.4 is 10.6 Å². The standard InChI is InChI=1S/C11H20N4O/c1-3-5-13-11(16)8-12-6-10-7-14-15(4-2)9-10/h7,9,12H,3-6,8H2,1-2H3,(H,13,16). The molecule has 0 unspecified atom stereocenters. The average molecular weight is 224 g/mol. The quantitative estimate of drug-likeness (QED) is 0.710. The third-order valence-electron chi connectivity index (χ3n) is 2.20. The first-order chi connectivity index (χ1) is 7.76. The molecule has 5 heteroatoms. The van der Waals surface area contributed by atoms with Crippen LogP contribution in [0, 0.1) is 0 Å². The maximum atomic E-state index is 11.3. The van der Waals surface area contributed by atoms with E-state index < -0.39 is 0 Å². The molecule has 0 saturated heterocycles. The van der Waals surface area contributed by atoms with Crippen molar-refractivity contribution < 1.29 is 4.79 Å². The van der Waals surface area contributed by atoms with E-state index in [-0.39, 0.29) is 5.91 Å². The highest BCUT2D eigenvalue weighted by Crippen LogP contribution is 1.96. The Bertz CT molecular complexity index is 322. The van der Waals surface area contributed by atoms with Gasteiger partial charge in [0.15, 0.2) is 0 Å². The molecule has 1 rings (SSSR count). The number of hydrogen-bond acceptors (Lipinski definition) is 3. The SMILES string of the molecule is CCCNC(=O)CNCc1cnn(CC)c1. The lowest BCUT2D eigenvalue weighted by atomic mass is 10.3. The smallest absolute Gasteiger partial charge is 0.233 e. The second-order valence-corrected chi connectivity index (χ2v) is 3.66. The molecule has 0 spiro atoms. The third kappa shape index (κ3) is 4.44. The van der Waals surface area contributed by atoms with E-state index in [0.717, 1.165) is 25.1 Å². The molecule has 0 saturated carbocycles. The molecule has 1 aromatic rings. The van der Waals surface area contributed by atoms with E-state index in [1.54, 1.807) is 0 Å². The number of amides is 1. The molecule has 1 heterocycles. The van der Waals surface area contributed by atoms with E-state index >= 15 is 0 Å². The van der Waals surface area contributed by atoms with Gasteiger partial charge in [0.05, 0.1) is 12.7 Å². The molecule has 0 atom stereocenters. The van der Waals surface area contributed by atoms with Crippen LogP contribution in [0.25, 0.3) is 0 Å². The first-order valence-corrected chi connectivity index (χ1v) is 5.75. The molecule has 0 aliphatic carbocycles. The van der Waals surface area contributed by atoms with Gasteiger partial charge in [0.1, 0.15) is 0 Å². The summed E-state index contributed by atoms with van der Waals surface area (Å²) in [5, 5.41) is 10.1. The topological polar surface area (TPSA) is 59.0 Å². The second-order valence-electron chi connectivity index (χ2n) is 3.66. The summed E-state index contributed by atoms with van der Waals surface area (Å²) in [6.07, 6.45) is 4.77. The van der Waals surface area contributed by atoms with Gasteiger partial charge in [-0.3, -0.25) is 9.48 Å². The Balaban J connectivity index is 2.17. The van der Waals surface area contributed by atoms with Crippen LogP contribution in [0.5, 0.6) is 0 Å². The minimum Gasteiger partial charge on any atom is -0.355 e. The molecule has 2 N–H and O–H groups in total. The zero-order chi connectivity index (χ0) is 11.8. The number of aryl methyl sites for hydroxylation is 1. The molecule has 90 valence electrons. The van der Waals surface area contributed by atoms with E-state index in [0.29, 0.717) is 13.1 Å². The van der Waals surface area contributed by atoms with Crippen molar-refractivity contribution in [2.75, 3.05) is 13.1 Å². The van der Waals surface area contributed by atoms with E-state index in [1.165, 1.54) is 0 Å². The summed E-state index contributed by atoms with van der Waals surface area (Å²) in [4.78, 5) is 11.3. The van der Waals surface area contributed by atoms with Gasteiger partial charge in [0, 0.05) is 31.4 Å². The third-order valence-corrected chi connectivity index (χ3v) is 2.20. The molecule has 0 bridgehead atoms. The first-order valence-electron chi connectivity index (χ1n) is 5.75. The Morgan fingerprint density at radius 3 is 2.94 bits per heavy atom. The Labute approximate surface area is 96.2 Å². The molecule has 5 nitrogen and oxygen atoms in total. The Hall–Kier alpha value is -1.36. The molecule has 1 amide bonds. The van der Waals surface area contributed by atoms with E-state index in [1.807, 2.05) is 30.9 Å². The lowest BCUT2D eigenvalue weighted by Crippen LogP contribution is -2.33. The van der Waals surface area contributed by atoms with E-state index in [4.69, 9.17) is 0 Å². The van der Waals surface area contributed by atoms with Gasteiger partial charge in [-0.05, 0) is 13.3 Å². The van der Waals surface area contributed by atoms with Crippen molar-refractivity contribution in [1.29, 1.82) is 0 Å². The number of nitrogens with zero attached hydrogens (tertiary/aromatic N) is 2. The zero-order valence-corrected chi connectivity index (χ0v) is 9.99. The van der Waals surface area contributed by atoms with Crippen LogP contribution >= 0.6 is 0 Å². The molecule has 0 aliphatic rings. The fourth-order valence-electron chi connectivity index (χ4n) is 1.32. The predicted molar refractivity (Wildman–Crippen MR) is 62.9 cm³/mol. The number of nitrogens with one attached hydrogen (secondary N) is 2. The highest BCUT2D eigenvalue weighted by atomic mass is 16.1. The highest BCUT2D eigenvalue weighted by molar-refractivity contribution is 5.77. The second kappa shape index (κ2) is 7.00. The van der Waals surface area contributed by atoms with Gasteiger partial charge in [-0.2, -0.15) is 5.10 Å². The van der Waals surface area contributed by atoms with Crippen molar-refractivity contribution in [3.8, 4) is 0 Å². The lowest BCUT2D eigenvalue weighted by molar-refractivity contribution is -0.120. The van der Waals surface area contributed by atoms with Crippen LogP contribution in [0.1, 0.15) is 25.8 Å². The average Bonchev–Trinajstić information content (AvgIpc) is 2.74. The van der Waals surface area contributed by atoms with Gasteiger partial charge in [0.25, 0.3) is 0 Å². The maximum Gasteiger partial charge on any atom is 0.233 e. The molecule has 1 aromatic heterocycles. The Kier molecular flexibility index (Phi) is 5.56. The molecule has 0 aromatic carbocycles. The van der Waals surface area contributed by atoms with Crippen molar-refractivity contribution in [2.24, 2.45) is 0 Å². The predicted octanol–water partition coefficient (Wildman–Crippen LogP) is 0.519. The molecular weight excluding hydrogens is 204 g/mol. The van der Waals surface area contributed by atoms with E-state index in [9.17, 15) is 4.79 Å². The van der Waals surface area contributed by atoms with Gasteiger partial charge >= 0.3 is 0 Å². The monoisotopic (exact) mass is 224 g/mol. The van der Waals surface area contributed by atoms with Crippen molar-refractivity contribution >= 4 is 5.91 Å². The molecule has 0 radical (unpaired) electrons. The number of carbonyl (C=O) groups excluding carboxylic acids is 1. The Morgan fingerprint density at radius 2 is 2.31 bits per heavy atom. The van der Waals surface area contributed by atoms with Crippen molar-refractivity contribution in [3.63, 3.8) is 0 Å². The van der Waals surface area contributed by atoms with Crippen LogP contribution in [0.2, 0.25) is 0 Å². The molecular formula is C11H20N4O. The Morgan fingerprint density at radius 1 is 1.50 bits per heavy atom. The fraction of sp³-hybridized carbons (Fsp3) is 0.636. The largest absolute Gasteiger partial charge is 0.355 e.